The standard InChI is InChI=1S/C26H25N3O3S/c1-31-23-10-4-17(12-24(23)32-2)14-27-25(30)11-7-19-15-28-26-22(19)13-20(16-29-26)18-5-8-21(33-3)9-6-18/h4-13,15-16H,14H2,1-3H3,(H,27,30)(H,28,29)/b11-7+. The SMILES string of the molecule is COc1ccc(CNC(=O)/C=C/c2c[nH]c3ncc(-c4ccc(SC)cc4)cc23)cc1OC. The van der Waals surface area contributed by atoms with Gasteiger partial charge in [-0.2, -0.15) is 0 Å². The van der Waals surface area contributed by atoms with E-state index in [1.807, 2.05) is 30.6 Å². The number of nitrogens with zero attached hydrogens (tertiary/aromatic N) is 1. The number of benzene rings is 2. The molecule has 4 aromatic rings. The molecule has 2 N–H and O–H groups in total. The summed E-state index contributed by atoms with van der Waals surface area (Å²) >= 11 is 1.71. The van der Waals surface area contributed by atoms with E-state index in [2.05, 4.69) is 51.9 Å². The molecule has 0 aliphatic carbocycles. The maximum atomic E-state index is 12.4. The molecule has 4 rings (SSSR count). The number of hydrogen-bond acceptors (Lipinski definition) is 5. The lowest BCUT2D eigenvalue weighted by Crippen LogP contribution is -2.20. The molecule has 0 saturated carbocycles. The Morgan fingerprint density at radius 2 is 1.85 bits per heavy atom. The van der Waals surface area contributed by atoms with Gasteiger partial charge < -0.3 is 19.8 Å². The van der Waals surface area contributed by atoms with Crippen molar-refractivity contribution in [2.75, 3.05) is 20.5 Å². The molecule has 0 aliphatic rings. The fourth-order valence-corrected chi connectivity index (χ4v) is 3.92. The van der Waals surface area contributed by atoms with Crippen molar-refractivity contribution in [1.29, 1.82) is 0 Å². The van der Waals surface area contributed by atoms with E-state index in [0.29, 0.717) is 18.0 Å². The predicted octanol–water partition coefficient (Wildman–Crippen LogP) is 5.30. The largest absolute Gasteiger partial charge is 0.493 e. The highest BCUT2D eigenvalue weighted by molar-refractivity contribution is 7.98. The fourth-order valence-electron chi connectivity index (χ4n) is 3.51. The Kier molecular flexibility index (Phi) is 7.00. The minimum Gasteiger partial charge on any atom is -0.493 e. The first-order valence-corrected chi connectivity index (χ1v) is 11.6. The lowest BCUT2D eigenvalue weighted by molar-refractivity contribution is -0.116. The lowest BCUT2D eigenvalue weighted by atomic mass is 10.1. The summed E-state index contributed by atoms with van der Waals surface area (Å²) in [6.07, 6.45) is 9.10. The topological polar surface area (TPSA) is 76.2 Å². The minimum absolute atomic E-state index is 0.184. The van der Waals surface area contributed by atoms with Crippen LogP contribution in [-0.2, 0) is 11.3 Å². The van der Waals surface area contributed by atoms with Crippen molar-refractivity contribution in [3.8, 4) is 22.6 Å². The van der Waals surface area contributed by atoms with Crippen LogP contribution in [-0.4, -0.2) is 36.4 Å². The maximum Gasteiger partial charge on any atom is 0.244 e. The van der Waals surface area contributed by atoms with Crippen molar-refractivity contribution in [2.24, 2.45) is 0 Å². The second kappa shape index (κ2) is 10.3. The van der Waals surface area contributed by atoms with Crippen LogP contribution >= 0.6 is 11.8 Å². The number of H-pyrrole nitrogens is 1. The van der Waals surface area contributed by atoms with Gasteiger partial charge in [0.15, 0.2) is 11.5 Å². The fraction of sp³-hybridized carbons (Fsp3) is 0.154. The van der Waals surface area contributed by atoms with Crippen LogP contribution in [0.4, 0.5) is 0 Å². The zero-order valence-electron chi connectivity index (χ0n) is 18.7. The van der Waals surface area contributed by atoms with Gasteiger partial charge in [-0.1, -0.05) is 18.2 Å². The number of aromatic amines is 1. The van der Waals surface area contributed by atoms with E-state index >= 15 is 0 Å². The summed E-state index contributed by atoms with van der Waals surface area (Å²) in [5, 5.41) is 3.86. The number of aromatic nitrogens is 2. The van der Waals surface area contributed by atoms with Crippen LogP contribution in [0.15, 0.2) is 71.9 Å². The van der Waals surface area contributed by atoms with Crippen LogP contribution < -0.4 is 14.8 Å². The van der Waals surface area contributed by atoms with Gasteiger partial charge in [-0.25, -0.2) is 4.98 Å². The summed E-state index contributed by atoms with van der Waals surface area (Å²) in [4.78, 5) is 21.3. The van der Waals surface area contributed by atoms with Crippen LogP contribution in [0.5, 0.6) is 11.5 Å². The number of nitrogens with one attached hydrogen (secondary N) is 2. The Morgan fingerprint density at radius 1 is 1.06 bits per heavy atom. The number of methoxy groups -OCH3 is 2. The highest BCUT2D eigenvalue weighted by atomic mass is 32.2. The van der Waals surface area contributed by atoms with E-state index in [-0.39, 0.29) is 5.91 Å². The summed E-state index contributed by atoms with van der Waals surface area (Å²) in [7, 11) is 3.18. The van der Waals surface area contributed by atoms with Crippen molar-refractivity contribution in [3.05, 3.63) is 78.1 Å². The number of amides is 1. The monoisotopic (exact) mass is 459 g/mol. The maximum absolute atomic E-state index is 12.4. The van der Waals surface area contributed by atoms with Gasteiger partial charge in [0.25, 0.3) is 0 Å². The van der Waals surface area contributed by atoms with E-state index in [1.54, 1.807) is 32.1 Å². The molecule has 2 heterocycles. The van der Waals surface area contributed by atoms with Crippen molar-refractivity contribution in [2.45, 2.75) is 11.4 Å². The average Bonchev–Trinajstić information content (AvgIpc) is 3.28. The van der Waals surface area contributed by atoms with Crippen LogP contribution in [0.2, 0.25) is 0 Å². The third kappa shape index (κ3) is 5.21. The second-order valence-corrected chi connectivity index (χ2v) is 8.21. The van der Waals surface area contributed by atoms with Gasteiger partial charge >= 0.3 is 0 Å². The predicted molar refractivity (Wildman–Crippen MR) is 134 cm³/mol. The van der Waals surface area contributed by atoms with Crippen molar-refractivity contribution >= 4 is 34.8 Å². The number of carbonyl (C=O) groups is 1. The van der Waals surface area contributed by atoms with E-state index < -0.39 is 0 Å². The molecule has 0 spiro atoms. The molecular weight excluding hydrogens is 434 g/mol. The number of carbonyl (C=O) groups excluding carboxylic acids is 1. The molecule has 0 atom stereocenters. The molecule has 7 heteroatoms. The van der Waals surface area contributed by atoms with E-state index in [0.717, 1.165) is 33.3 Å². The number of fused-ring (bicyclic) bond motifs is 1. The summed E-state index contributed by atoms with van der Waals surface area (Å²) in [6, 6.07) is 16.0. The summed E-state index contributed by atoms with van der Waals surface area (Å²) in [5.41, 5.74) is 4.74. The highest BCUT2D eigenvalue weighted by Gasteiger charge is 2.08. The molecule has 2 aromatic heterocycles. The zero-order valence-corrected chi connectivity index (χ0v) is 19.5. The Balaban J connectivity index is 1.46. The molecule has 0 radical (unpaired) electrons. The van der Waals surface area contributed by atoms with Gasteiger partial charge in [0.05, 0.1) is 14.2 Å². The third-order valence-corrected chi connectivity index (χ3v) is 6.06. The minimum atomic E-state index is -0.184. The molecule has 0 aliphatic heterocycles. The van der Waals surface area contributed by atoms with Crippen LogP contribution in [0.3, 0.4) is 0 Å². The van der Waals surface area contributed by atoms with E-state index in [4.69, 9.17) is 9.47 Å². The number of ether oxygens (including phenoxy) is 2. The molecule has 33 heavy (non-hydrogen) atoms. The summed E-state index contributed by atoms with van der Waals surface area (Å²) in [5.74, 6) is 1.10. The zero-order chi connectivity index (χ0) is 23.2. The Morgan fingerprint density at radius 3 is 2.58 bits per heavy atom. The van der Waals surface area contributed by atoms with Crippen LogP contribution in [0.25, 0.3) is 28.2 Å². The molecule has 0 bridgehead atoms. The third-order valence-electron chi connectivity index (χ3n) is 5.32. The first kappa shape index (κ1) is 22.5. The average molecular weight is 460 g/mol. The van der Waals surface area contributed by atoms with Gasteiger partial charge in [-0.3, -0.25) is 4.79 Å². The molecule has 168 valence electrons. The van der Waals surface area contributed by atoms with Crippen LogP contribution in [0, 0.1) is 0 Å². The highest BCUT2D eigenvalue weighted by Crippen LogP contribution is 2.28. The molecule has 0 unspecified atom stereocenters. The molecule has 6 nitrogen and oxygen atoms in total. The second-order valence-electron chi connectivity index (χ2n) is 7.33. The lowest BCUT2D eigenvalue weighted by Gasteiger charge is -2.09. The van der Waals surface area contributed by atoms with Gasteiger partial charge in [0.2, 0.25) is 5.91 Å². The van der Waals surface area contributed by atoms with E-state index in [1.165, 1.54) is 11.0 Å². The molecule has 2 aromatic carbocycles. The molecule has 0 saturated heterocycles. The van der Waals surface area contributed by atoms with Gasteiger partial charge in [0.1, 0.15) is 5.65 Å². The van der Waals surface area contributed by atoms with Crippen molar-refractivity contribution in [1.82, 2.24) is 15.3 Å². The Bertz CT molecular complexity index is 1300. The number of hydrogen-bond donors (Lipinski definition) is 2. The summed E-state index contributed by atoms with van der Waals surface area (Å²) < 4.78 is 10.6. The van der Waals surface area contributed by atoms with E-state index in [9.17, 15) is 4.79 Å². The number of rotatable bonds is 8. The Labute approximate surface area is 197 Å². The smallest absolute Gasteiger partial charge is 0.244 e. The molecule has 0 fully saturated rings. The Hall–Kier alpha value is -3.71. The molecule has 1 amide bonds. The normalized spacial score (nSPS) is 11.1. The van der Waals surface area contributed by atoms with Gasteiger partial charge in [-0.15, -0.1) is 11.8 Å². The number of pyridine rings is 1. The summed E-state index contributed by atoms with van der Waals surface area (Å²) in [6.45, 7) is 0.384. The number of thioether (sulfide) groups is 1. The van der Waals surface area contributed by atoms with Gasteiger partial charge in [0, 0.05) is 46.4 Å². The first-order chi connectivity index (χ1) is 16.1. The van der Waals surface area contributed by atoms with Crippen molar-refractivity contribution in [3.63, 3.8) is 0 Å². The quantitative estimate of drug-likeness (QED) is 0.276. The van der Waals surface area contributed by atoms with Crippen molar-refractivity contribution < 1.29 is 14.3 Å². The van der Waals surface area contributed by atoms with Crippen LogP contribution in [0.1, 0.15) is 11.1 Å². The first-order valence-electron chi connectivity index (χ1n) is 10.4. The molecular formula is C26H25N3O3S. The van der Waals surface area contributed by atoms with Gasteiger partial charge in [-0.05, 0) is 53.8 Å².